The van der Waals surface area contributed by atoms with Crippen LogP contribution in [0.15, 0.2) is 59.4 Å². The van der Waals surface area contributed by atoms with Crippen LogP contribution in [0.1, 0.15) is 36.3 Å². The standard InChI is InChI=1S/C29H31N7O3/c37-26-14-19-16-36(24-7-3-6-22(32-26)27(19)24)28(38)23-15-25(31-17-30-23)34-11-9-20(10-12-34)35-13-8-18-4-1-2-5-21(18)33-29(35)39/h1-7,15,17,19-20,23H,8-14,16H2,(H,30,31)(H,32,37)(H,33,39). The van der Waals surface area contributed by atoms with Crippen LogP contribution >= 0.6 is 0 Å². The minimum atomic E-state index is -0.537. The Morgan fingerprint density at radius 1 is 0.949 bits per heavy atom. The number of urea groups is 1. The summed E-state index contributed by atoms with van der Waals surface area (Å²) in [6.07, 6.45) is 6.42. The van der Waals surface area contributed by atoms with Crippen molar-refractivity contribution in [3.8, 4) is 0 Å². The molecule has 0 aliphatic carbocycles. The Bertz CT molecular complexity index is 1410. The summed E-state index contributed by atoms with van der Waals surface area (Å²) in [5.74, 6) is 0.751. The van der Waals surface area contributed by atoms with Gasteiger partial charge in [0.15, 0.2) is 0 Å². The molecule has 3 N–H and O–H groups in total. The van der Waals surface area contributed by atoms with Crippen LogP contribution in [0.3, 0.4) is 0 Å². The molecule has 10 heteroatoms. The molecule has 0 saturated carbocycles. The summed E-state index contributed by atoms with van der Waals surface area (Å²) in [6, 6.07) is 13.3. The average Bonchev–Trinajstić information content (AvgIpc) is 3.24. The van der Waals surface area contributed by atoms with Crippen molar-refractivity contribution < 1.29 is 14.4 Å². The molecule has 2 atom stereocenters. The third-order valence-corrected chi connectivity index (χ3v) is 8.56. The number of nitrogens with zero attached hydrogens (tertiary/aromatic N) is 4. The first-order valence-corrected chi connectivity index (χ1v) is 13.7. The third-order valence-electron chi connectivity index (χ3n) is 8.56. The fourth-order valence-corrected chi connectivity index (χ4v) is 6.60. The normalized spacial score (nSPS) is 24.2. The van der Waals surface area contributed by atoms with E-state index in [0.29, 0.717) is 19.5 Å². The van der Waals surface area contributed by atoms with Gasteiger partial charge in [0.05, 0.1) is 6.34 Å². The molecule has 4 amide bonds. The van der Waals surface area contributed by atoms with Gasteiger partial charge in [0.25, 0.3) is 5.91 Å². The number of aliphatic imine (C=N–C) groups is 1. The van der Waals surface area contributed by atoms with Crippen LogP contribution < -0.4 is 20.9 Å². The number of fused-ring (bicyclic) bond motifs is 1. The van der Waals surface area contributed by atoms with Crippen molar-refractivity contribution in [1.29, 1.82) is 0 Å². The number of carbonyl (C=O) groups is 3. The predicted molar refractivity (Wildman–Crippen MR) is 149 cm³/mol. The van der Waals surface area contributed by atoms with Gasteiger partial charge >= 0.3 is 6.03 Å². The van der Waals surface area contributed by atoms with Gasteiger partial charge in [-0.2, -0.15) is 0 Å². The van der Waals surface area contributed by atoms with Gasteiger partial charge in [0, 0.05) is 67.2 Å². The second-order valence-electron chi connectivity index (χ2n) is 10.8. The number of rotatable bonds is 3. The zero-order chi connectivity index (χ0) is 26.5. The number of anilines is 3. The van der Waals surface area contributed by atoms with E-state index in [2.05, 4.69) is 31.9 Å². The molecule has 10 nitrogen and oxygen atoms in total. The van der Waals surface area contributed by atoms with Crippen molar-refractivity contribution in [3.63, 3.8) is 0 Å². The van der Waals surface area contributed by atoms with Gasteiger partial charge in [-0.3, -0.25) is 9.59 Å². The lowest BCUT2D eigenvalue weighted by Gasteiger charge is -2.39. The molecule has 39 heavy (non-hydrogen) atoms. The zero-order valence-electron chi connectivity index (χ0n) is 21.6. The Labute approximate surface area is 226 Å². The Balaban J connectivity index is 1.02. The Morgan fingerprint density at radius 3 is 2.64 bits per heavy atom. The Hall–Kier alpha value is -4.34. The van der Waals surface area contributed by atoms with Gasteiger partial charge in [-0.15, -0.1) is 0 Å². The van der Waals surface area contributed by atoms with Crippen molar-refractivity contribution in [2.45, 2.75) is 43.7 Å². The fourth-order valence-electron chi connectivity index (χ4n) is 6.60. The van der Waals surface area contributed by atoms with Gasteiger partial charge in [-0.05, 0) is 49.1 Å². The van der Waals surface area contributed by atoms with Crippen molar-refractivity contribution >= 4 is 41.2 Å². The highest BCUT2D eigenvalue weighted by Gasteiger charge is 2.40. The van der Waals surface area contributed by atoms with E-state index in [9.17, 15) is 14.4 Å². The van der Waals surface area contributed by atoms with Gasteiger partial charge in [0.2, 0.25) is 5.91 Å². The lowest BCUT2D eigenvalue weighted by atomic mass is 9.92. The van der Waals surface area contributed by atoms with Crippen molar-refractivity contribution in [2.24, 2.45) is 4.99 Å². The van der Waals surface area contributed by atoms with E-state index in [0.717, 1.165) is 60.8 Å². The van der Waals surface area contributed by atoms with Gasteiger partial charge in [0.1, 0.15) is 11.9 Å². The van der Waals surface area contributed by atoms with E-state index < -0.39 is 6.04 Å². The van der Waals surface area contributed by atoms with E-state index in [1.807, 2.05) is 47.4 Å². The molecule has 5 heterocycles. The molecule has 1 saturated heterocycles. The minimum absolute atomic E-state index is 0.00495. The molecule has 2 aromatic carbocycles. The van der Waals surface area contributed by atoms with Crippen LogP contribution in [0.25, 0.3) is 0 Å². The highest BCUT2D eigenvalue weighted by Crippen LogP contribution is 2.45. The lowest BCUT2D eigenvalue weighted by Crippen LogP contribution is -2.50. The molecule has 0 aromatic heterocycles. The van der Waals surface area contributed by atoms with Crippen molar-refractivity contribution in [2.75, 3.05) is 41.7 Å². The number of piperidine rings is 1. The summed E-state index contributed by atoms with van der Waals surface area (Å²) in [7, 11) is 0. The first-order chi connectivity index (χ1) is 19.0. The van der Waals surface area contributed by atoms with E-state index in [-0.39, 0.29) is 29.8 Å². The topological polar surface area (TPSA) is 109 Å². The SMILES string of the molecule is O=C1CC2CN(C(=O)C3C=C(N4CCC(N5CCc6ccccc6NC5=O)CC4)N=CN3)c3cccc(c32)N1. The molecule has 0 spiro atoms. The number of benzene rings is 2. The van der Waals surface area contributed by atoms with Gasteiger partial charge in [-0.1, -0.05) is 24.3 Å². The summed E-state index contributed by atoms with van der Waals surface area (Å²) in [5, 5.41) is 9.14. The molecule has 2 aromatic rings. The maximum absolute atomic E-state index is 13.7. The summed E-state index contributed by atoms with van der Waals surface area (Å²) < 4.78 is 0. The number of amides is 4. The first-order valence-electron chi connectivity index (χ1n) is 13.7. The predicted octanol–water partition coefficient (Wildman–Crippen LogP) is 2.86. The number of nitrogens with one attached hydrogen (secondary N) is 3. The third kappa shape index (κ3) is 4.20. The molecule has 0 bridgehead atoms. The van der Waals surface area contributed by atoms with Crippen LogP contribution in [0.2, 0.25) is 0 Å². The lowest BCUT2D eigenvalue weighted by molar-refractivity contribution is -0.120. The van der Waals surface area contributed by atoms with Crippen LogP contribution in [-0.2, 0) is 16.0 Å². The average molecular weight is 526 g/mol. The molecule has 0 radical (unpaired) electrons. The fraction of sp³-hybridized carbons (Fsp3) is 0.379. The largest absolute Gasteiger partial charge is 0.361 e. The van der Waals surface area contributed by atoms with Crippen LogP contribution in [0.5, 0.6) is 0 Å². The summed E-state index contributed by atoms with van der Waals surface area (Å²) in [4.78, 5) is 49.3. The number of hydrogen-bond acceptors (Lipinski definition) is 6. The Morgan fingerprint density at radius 2 is 1.77 bits per heavy atom. The monoisotopic (exact) mass is 525 g/mol. The second-order valence-corrected chi connectivity index (χ2v) is 10.8. The maximum Gasteiger partial charge on any atom is 0.322 e. The summed E-state index contributed by atoms with van der Waals surface area (Å²) in [5.41, 5.74) is 4.81. The second kappa shape index (κ2) is 9.44. The molecule has 7 rings (SSSR count). The Kier molecular flexibility index (Phi) is 5.75. The molecular formula is C29H31N7O3. The smallest absolute Gasteiger partial charge is 0.322 e. The molecule has 5 aliphatic heterocycles. The van der Waals surface area contributed by atoms with E-state index in [1.165, 1.54) is 5.56 Å². The number of likely N-dealkylation sites (tertiary alicyclic amines) is 1. The molecular weight excluding hydrogens is 494 g/mol. The summed E-state index contributed by atoms with van der Waals surface area (Å²) in [6.45, 7) is 2.73. The number of hydrogen-bond donors (Lipinski definition) is 3. The van der Waals surface area contributed by atoms with E-state index >= 15 is 0 Å². The first kappa shape index (κ1) is 23.8. The summed E-state index contributed by atoms with van der Waals surface area (Å²) >= 11 is 0. The highest BCUT2D eigenvalue weighted by molar-refractivity contribution is 6.05. The van der Waals surface area contributed by atoms with E-state index in [1.54, 1.807) is 11.2 Å². The van der Waals surface area contributed by atoms with Crippen LogP contribution in [0, 0.1) is 0 Å². The quantitative estimate of drug-likeness (QED) is 0.571. The molecule has 1 fully saturated rings. The zero-order valence-corrected chi connectivity index (χ0v) is 21.6. The molecule has 200 valence electrons. The van der Waals surface area contributed by atoms with Crippen LogP contribution in [-0.4, -0.2) is 72.2 Å². The van der Waals surface area contributed by atoms with Crippen molar-refractivity contribution in [1.82, 2.24) is 15.1 Å². The molecule has 2 unspecified atom stereocenters. The highest BCUT2D eigenvalue weighted by atomic mass is 16.2. The minimum Gasteiger partial charge on any atom is -0.361 e. The molecule has 5 aliphatic rings. The number of carbonyl (C=O) groups excluding carboxylic acids is 3. The van der Waals surface area contributed by atoms with Crippen LogP contribution in [0.4, 0.5) is 21.9 Å². The van der Waals surface area contributed by atoms with Crippen molar-refractivity contribution in [3.05, 3.63) is 65.5 Å². The van der Waals surface area contributed by atoms with Gasteiger partial charge < -0.3 is 30.7 Å². The number of para-hydroxylation sites is 1. The van der Waals surface area contributed by atoms with E-state index in [4.69, 9.17) is 0 Å². The maximum atomic E-state index is 13.7. The van der Waals surface area contributed by atoms with Gasteiger partial charge in [-0.25, -0.2) is 9.79 Å².